The standard InChI is InChI=1S/C21H26N4O2/c26-20(16-5-2-1-3-6-16)17-8-12-24(13-9-17)21(27)19-10-14-25(23-19)18-7-4-11-22-15-18/h1-3,5-6,10,14,17-18,22H,4,7-9,11-13,15H2. The van der Waals surface area contributed by atoms with Crippen molar-refractivity contribution in [3.63, 3.8) is 0 Å². The molecule has 0 bridgehead atoms. The molecule has 142 valence electrons. The minimum absolute atomic E-state index is 0.00215. The fraction of sp³-hybridized carbons (Fsp3) is 0.476. The van der Waals surface area contributed by atoms with Crippen LogP contribution in [-0.2, 0) is 0 Å². The number of likely N-dealkylation sites (tertiary alicyclic amines) is 1. The molecule has 0 radical (unpaired) electrons. The topological polar surface area (TPSA) is 67.2 Å². The van der Waals surface area contributed by atoms with E-state index in [1.165, 1.54) is 0 Å². The number of amides is 1. The third kappa shape index (κ3) is 3.95. The zero-order chi connectivity index (χ0) is 18.6. The number of nitrogens with zero attached hydrogens (tertiary/aromatic N) is 3. The minimum Gasteiger partial charge on any atom is -0.337 e. The van der Waals surface area contributed by atoms with Gasteiger partial charge in [0.1, 0.15) is 5.69 Å². The van der Waals surface area contributed by atoms with Gasteiger partial charge in [-0.1, -0.05) is 30.3 Å². The molecule has 1 aromatic carbocycles. The van der Waals surface area contributed by atoms with Gasteiger partial charge in [0.15, 0.2) is 5.78 Å². The molecule has 0 spiro atoms. The van der Waals surface area contributed by atoms with E-state index >= 15 is 0 Å². The number of carbonyl (C=O) groups excluding carboxylic acids is 2. The summed E-state index contributed by atoms with van der Waals surface area (Å²) in [6, 6.07) is 11.6. The lowest BCUT2D eigenvalue weighted by atomic mass is 9.89. The summed E-state index contributed by atoms with van der Waals surface area (Å²) < 4.78 is 1.92. The largest absolute Gasteiger partial charge is 0.337 e. The van der Waals surface area contributed by atoms with E-state index in [2.05, 4.69) is 10.4 Å². The van der Waals surface area contributed by atoms with E-state index in [0.717, 1.165) is 31.5 Å². The summed E-state index contributed by atoms with van der Waals surface area (Å²) in [6.45, 7) is 3.18. The van der Waals surface area contributed by atoms with Crippen molar-refractivity contribution in [2.45, 2.75) is 31.7 Å². The average Bonchev–Trinajstić information content (AvgIpc) is 3.24. The Morgan fingerprint density at radius 2 is 1.81 bits per heavy atom. The van der Waals surface area contributed by atoms with Crippen molar-refractivity contribution in [3.8, 4) is 0 Å². The van der Waals surface area contributed by atoms with Gasteiger partial charge in [-0.25, -0.2) is 0 Å². The molecule has 1 unspecified atom stereocenters. The zero-order valence-electron chi connectivity index (χ0n) is 15.5. The molecule has 3 heterocycles. The lowest BCUT2D eigenvalue weighted by molar-refractivity contribution is 0.0644. The molecular weight excluding hydrogens is 340 g/mol. The second kappa shape index (κ2) is 8.05. The number of rotatable bonds is 4. The molecule has 0 aliphatic carbocycles. The molecule has 0 saturated carbocycles. The van der Waals surface area contributed by atoms with Gasteiger partial charge in [0.05, 0.1) is 6.04 Å². The fourth-order valence-electron chi connectivity index (χ4n) is 4.06. The Bertz CT molecular complexity index is 788. The monoisotopic (exact) mass is 366 g/mol. The molecule has 6 nitrogen and oxygen atoms in total. The van der Waals surface area contributed by atoms with Crippen LogP contribution in [-0.4, -0.2) is 52.5 Å². The lowest BCUT2D eigenvalue weighted by Crippen LogP contribution is -2.40. The number of ketones is 1. The van der Waals surface area contributed by atoms with Gasteiger partial charge < -0.3 is 10.2 Å². The number of hydrogen-bond acceptors (Lipinski definition) is 4. The van der Waals surface area contributed by atoms with Crippen LogP contribution in [0.5, 0.6) is 0 Å². The molecule has 2 saturated heterocycles. The minimum atomic E-state index is -0.0249. The first-order valence-corrected chi connectivity index (χ1v) is 9.87. The van der Waals surface area contributed by atoms with E-state index in [1.54, 1.807) is 0 Å². The van der Waals surface area contributed by atoms with Gasteiger partial charge in [0, 0.05) is 37.3 Å². The SMILES string of the molecule is O=C(c1ccccc1)C1CCN(C(=O)c2ccn(C3CCCNC3)n2)CC1. The van der Waals surface area contributed by atoms with Gasteiger partial charge >= 0.3 is 0 Å². The maximum atomic E-state index is 12.8. The summed E-state index contributed by atoms with van der Waals surface area (Å²) >= 11 is 0. The second-order valence-corrected chi connectivity index (χ2v) is 7.48. The van der Waals surface area contributed by atoms with Crippen LogP contribution in [0.4, 0.5) is 0 Å². The van der Waals surface area contributed by atoms with E-state index in [0.29, 0.717) is 37.7 Å². The first kappa shape index (κ1) is 17.9. The second-order valence-electron chi connectivity index (χ2n) is 7.48. The van der Waals surface area contributed by atoms with E-state index in [1.807, 2.05) is 52.2 Å². The van der Waals surface area contributed by atoms with Gasteiger partial charge in [-0.2, -0.15) is 5.10 Å². The first-order chi connectivity index (χ1) is 13.2. The van der Waals surface area contributed by atoms with E-state index in [4.69, 9.17) is 0 Å². The van der Waals surface area contributed by atoms with Gasteiger partial charge in [-0.3, -0.25) is 14.3 Å². The molecule has 27 heavy (non-hydrogen) atoms. The van der Waals surface area contributed by atoms with E-state index < -0.39 is 0 Å². The van der Waals surface area contributed by atoms with Crippen LogP contribution in [0.15, 0.2) is 42.6 Å². The predicted molar refractivity (Wildman–Crippen MR) is 103 cm³/mol. The number of piperidine rings is 2. The van der Waals surface area contributed by atoms with Crippen LogP contribution < -0.4 is 5.32 Å². The number of nitrogens with one attached hydrogen (secondary N) is 1. The molecule has 4 rings (SSSR count). The maximum absolute atomic E-state index is 12.8. The first-order valence-electron chi connectivity index (χ1n) is 9.87. The third-order valence-electron chi connectivity index (χ3n) is 5.68. The van der Waals surface area contributed by atoms with E-state index in [-0.39, 0.29) is 17.6 Å². The summed E-state index contributed by atoms with van der Waals surface area (Å²) in [5, 5.41) is 7.91. The van der Waals surface area contributed by atoms with Crippen molar-refractivity contribution < 1.29 is 9.59 Å². The number of Topliss-reactive ketones (excluding diaryl/α,β-unsaturated/α-hetero) is 1. The number of aromatic nitrogens is 2. The highest BCUT2D eigenvalue weighted by Gasteiger charge is 2.29. The average molecular weight is 366 g/mol. The van der Waals surface area contributed by atoms with Gasteiger partial charge in [0.2, 0.25) is 0 Å². The summed E-state index contributed by atoms with van der Waals surface area (Å²) in [5.41, 5.74) is 1.27. The van der Waals surface area contributed by atoms with Crippen molar-refractivity contribution in [2.75, 3.05) is 26.2 Å². The van der Waals surface area contributed by atoms with Gasteiger partial charge in [0.25, 0.3) is 5.91 Å². The molecule has 6 heteroatoms. The van der Waals surface area contributed by atoms with Crippen LogP contribution >= 0.6 is 0 Å². The quantitative estimate of drug-likeness (QED) is 0.845. The molecular formula is C21H26N4O2. The Hall–Kier alpha value is -2.47. The number of hydrogen-bond donors (Lipinski definition) is 1. The molecule has 2 aliphatic rings. The van der Waals surface area contributed by atoms with Crippen LogP contribution in [0, 0.1) is 5.92 Å². The molecule has 1 atom stereocenters. The number of benzene rings is 1. The van der Waals surface area contributed by atoms with Crippen LogP contribution in [0.3, 0.4) is 0 Å². The number of carbonyl (C=O) groups is 2. The Balaban J connectivity index is 1.35. The summed E-state index contributed by atoms with van der Waals surface area (Å²) in [5.74, 6) is 0.169. The maximum Gasteiger partial charge on any atom is 0.274 e. The zero-order valence-corrected chi connectivity index (χ0v) is 15.5. The highest BCUT2D eigenvalue weighted by molar-refractivity contribution is 5.98. The van der Waals surface area contributed by atoms with Gasteiger partial charge in [-0.15, -0.1) is 0 Å². The Morgan fingerprint density at radius 3 is 2.52 bits per heavy atom. The summed E-state index contributed by atoms with van der Waals surface area (Å²) in [6.07, 6.45) is 5.57. The molecule has 2 aliphatic heterocycles. The van der Waals surface area contributed by atoms with Crippen LogP contribution in [0.2, 0.25) is 0 Å². The third-order valence-corrected chi connectivity index (χ3v) is 5.68. The van der Waals surface area contributed by atoms with Crippen LogP contribution in [0.1, 0.15) is 52.6 Å². The lowest BCUT2D eigenvalue weighted by Gasteiger charge is -2.31. The predicted octanol–water partition coefficient (Wildman–Crippen LogP) is 2.54. The van der Waals surface area contributed by atoms with Crippen molar-refractivity contribution >= 4 is 11.7 Å². The van der Waals surface area contributed by atoms with Crippen LogP contribution in [0.25, 0.3) is 0 Å². The fourth-order valence-corrected chi connectivity index (χ4v) is 4.06. The molecule has 1 aromatic heterocycles. The smallest absolute Gasteiger partial charge is 0.274 e. The summed E-state index contributed by atoms with van der Waals surface area (Å²) in [4.78, 5) is 27.2. The van der Waals surface area contributed by atoms with E-state index in [9.17, 15) is 9.59 Å². The van der Waals surface area contributed by atoms with Crippen molar-refractivity contribution in [2.24, 2.45) is 5.92 Å². The Labute approximate surface area is 159 Å². The van der Waals surface area contributed by atoms with Gasteiger partial charge in [-0.05, 0) is 38.3 Å². The molecule has 2 fully saturated rings. The molecule has 1 N–H and O–H groups in total. The Kier molecular flexibility index (Phi) is 5.34. The van der Waals surface area contributed by atoms with Crippen molar-refractivity contribution in [1.82, 2.24) is 20.0 Å². The highest BCUT2D eigenvalue weighted by atomic mass is 16.2. The molecule has 2 aromatic rings. The van der Waals surface area contributed by atoms with Crippen molar-refractivity contribution in [1.29, 1.82) is 0 Å². The summed E-state index contributed by atoms with van der Waals surface area (Å²) in [7, 11) is 0. The highest BCUT2D eigenvalue weighted by Crippen LogP contribution is 2.23. The Morgan fingerprint density at radius 1 is 1.04 bits per heavy atom. The molecule has 1 amide bonds. The normalized spacial score (nSPS) is 21.2. The van der Waals surface area contributed by atoms with Crippen molar-refractivity contribution in [3.05, 3.63) is 53.9 Å².